The molecule has 0 aromatic heterocycles. The zero-order valence-electron chi connectivity index (χ0n) is 21.9. The largest absolute Gasteiger partial charge is 0.613 e. The fraction of sp³-hybridized carbons (Fsp3) is 0.750. The lowest BCUT2D eigenvalue weighted by molar-refractivity contribution is -0.996. The Morgan fingerprint density at radius 3 is 2.44 bits per heavy atom. The van der Waals surface area contributed by atoms with Gasteiger partial charge in [0.1, 0.15) is 18.5 Å². The van der Waals surface area contributed by atoms with E-state index < -0.39 is 0 Å². The van der Waals surface area contributed by atoms with Crippen molar-refractivity contribution in [3.05, 3.63) is 40.9 Å². The molecule has 3 heterocycles. The first-order chi connectivity index (χ1) is 17.3. The molecule has 0 spiro atoms. The minimum Gasteiger partial charge on any atom is -0.613 e. The van der Waals surface area contributed by atoms with E-state index in [2.05, 4.69) is 24.2 Å². The van der Waals surface area contributed by atoms with E-state index in [1.165, 1.54) is 44.2 Å². The number of amides is 1. The number of nitrogens with one attached hydrogen (secondary N) is 2. The number of carbonyl (C=O) groups excluding carboxylic acids is 1. The van der Waals surface area contributed by atoms with Crippen LogP contribution in [0.1, 0.15) is 76.7 Å². The number of benzene rings is 1. The van der Waals surface area contributed by atoms with E-state index in [4.69, 9.17) is 4.74 Å². The molecule has 0 bridgehead atoms. The lowest BCUT2D eigenvalue weighted by Gasteiger charge is -2.53. The molecule has 1 saturated carbocycles. The van der Waals surface area contributed by atoms with Crippen LogP contribution in [0.25, 0.3) is 0 Å². The maximum absolute atomic E-state index is 13.8. The molecule has 1 aromatic carbocycles. The van der Waals surface area contributed by atoms with Crippen LogP contribution in [-0.4, -0.2) is 66.9 Å². The highest BCUT2D eigenvalue weighted by Gasteiger charge is 2.50. The average Bonchev–Trinajstić information content (AvgIpc) is 3.16. The van der Waals surface area contributed by atoms with Gasteiger partial charge in [-0.2, -0.15) is 5.01 Å². The van der Waals surface area contributed by atoms with Gasteiger partial charge in [-0.1, -0.05) is 31.4 Å². The predicted molar refractivity (Wildman–Crippen MR) is 137 cm³/mol. The van der Waals surface area contributed by atoms with Crippen LogP contribution in [0.2, 0.25) is 0 Å². The average molecular weight is 503 g/mol. The first-order valence-corrected chi connectivity index (χ1v) is 14.0. The van der Waals surface area contributed by atoms with Crippen LogP contribution < -0.4 is 10.5 Å². The van der Waals surface area contributed by atoms with Crippen LogP contribution in [0.3, 0.4) is 0 Å². The second-order valence-electron chi connectivity index (χ2n) is 12.2. The van der Waals surface area contributed by atoms with E-state index in [9.17, 15) is 14.4 Å². The molecule has 5 rings (SSSR count). The molecule has 36 heavy (non-hydrogen) atoms. The van der Waals surface area contributed by atoms with Gasteiger partial charge in [-0.25, -0.2) is 9.18 Å². The molecular formula is C28H43FN4O3. The quantitative estimate of drug-likeness (QED) is 0.583. The van der Waals surface area contributed by atoms with Gasteiger partial charge in [-0.3, -0.25) is 10.1 Å². The number of nitrogens with zero attached hydrogens (tertiary/aromatic N) is 2. The van der Waals surface area contributed by atoms with Crippen molar-refractivity contribution < 1.29 is 19.1 Å². The Balaban J connectivity index is 1.31. The third-order valence-electron chi connectivity index (χ3n) is 9.61. The van der Waals surface area contributed by atoms with Gasteiger partial charge in [-0.15, -0.1) is 0 Å². The van der Waals surface area contributed by atoms with Gasteiger partial charge < -0.3 is 15.3 Å². The smallest absolute Gasteiger partial charge is 0.410 e. The summed E-state index contributed by atoms with van der Waals surface area (Å²) in [5.41, 5.74) is 0.806. The number of piperidine rings is 2. The van der Waals surface area contributed by atoms with Gasteiger partial charge in [-0.05, 0) is 81.5 Å². The molecule has 3 saturated heterocycles. The lowest BCUT2D eigenvalue weighted by Crippen LogP contribution is -3.19. The Hall–Kier alpha value is -1.74. The van der Waals surface area contributed by atoms with Crippen molar-refractivity contribution in [3.63, 3.8) is 0 Å². The molecule has 4 fully saturated rings. The van der Waals surface area contributed by atoms with E-state index in [0.29, 0.717) is 19.1 Å². The predicted octanol–water partition coefficient (Wildman–Crippen LogP) is 3.46. The van der Waals surface area contributed by atoms with Crippen molar-refractivity contribution in [2.75, 3.05) is 39.3 Å². The van der Waals surface area contributed by atoms with E-state index in [1.807, 2.05) is 17.0 Å². The number of ether oxygens (including phenoxy) is 1. The van der Waals surface area contributed by atoms with E-state index in [0.717, 1.165) is 51.0 Å². The Labute approximate surface area is 214 Å². The van der Waals surface area contributed by atoms with Gasteiger partial charge in [0.25, 0.3) is 0 Å². The first-order valence-electron chi connectivity index (χ1n) is 14.0. The van der Waals surface area contributed by atoms with Crippen LogP contribution in [0.5, 0.6) is 0 Å². The third kappa shape index (κ3) is 5.15. The summed E-state index contributed by atoms with van der Waals surface area (Å²) in [7, 11) is 0. The van der Waals surface area contributed by atoms with Gasteiger partial charge >= 0.3 is 6.09 Å². The Bertz CT molecular complexity index is 897. The molecular weight excluding hydrogens is 459 g/mol. The van der Waals surface area contributed by atoms with Gasteiger partial charge in [0.15, 0.2) is 0 Å². The number of hydrogen-bond acceptors (Lipinski definition) is 5. The second kappa shape index (κ2) is 10.6. The van der Waals surface area contributed by atoms with Crippen LogP contribution in [0, 0.1) is 22.4 Å². The molecule has 2 N–H and O–H groups in total. The number of quaternary nitrogens is 1. The lowest BCUT2D eigenvalue weighted by atomic mass is 9.63. The Morgan fingerprint density at radius 2 is 1.81 bits per heavy atom. The Kier molecular flexibility index (Phi) is 7.59. The summed E-state index contributed by atoms with van der Waals surface area (Å²) in [6.07, 6.45) is 8.82. The number of cyclic esters (lactones) is 1. The normalized spacial score (nSPS) is 30.2. The Morgan fingerprint density at radius 1 is 1.11 bits per heavy atom. The molecule has 1 aromatic rings. The molecule has 1 aliphatic carbocycles. The second-order valence-corrected chi connectivity index (χ2v) is 12.2. The van der Waals surface area contributed by atoms with Crippen molar-refractivity contribution in [1.82, 2.24) is 15.2 Å². The van der Waals surface area contributed by atoms with Gasteiger partial charge in [0, 0.05) is 25.6 Å². The van der Waals surface area contributed by atoms with E-state index in [1.54, 1.807) is 0 Å². The third-order valence-corrected chi connectivity index (χ3v) is 9.61. The molecule has 7 nitrogen and oxygen atoms in total. The molecule has 200 valence electrons. The minimum atomic E-state index is -0.290. The number of hydroxylamine groups is 1. The summed E-state index contributed by atoms with van der Waals surface area (Å²) in [5.74, 6) is 0.469. The summed E-state index contributed by atoms with van der Waals surface area (Å²) in [4.78, 5) is 14.6. The van der Waals surface area contributed by atoms with Crippen LogP contribution in [-0.2, 0) is 4.74 Å². The van der Waals surface area contributed by atoms with Crippen molar-refractivity contribution in [3.8, 4) is 0 Å². The van der Waals surface area contributed by atoms with Gasteiger partial charge in [0.05, 0.1) is 12.1 Å². The molecule has 8 heteroatoms. The van der Waals surface area contributed by atoms with Crippen LogP contribution in [0.15, 0.2) is 24.3 Å². The van der Waals surface area contributed by atoms with Crippen LogP contribution >= 0.6 is 0 Å². The highest BCUT2D eigenvalue weighted by atomic mass is 19.1. The summed E-state index contributed by atoms with van der Waals surface area (Å²) < 4.78 is 19.0. The molecule has 4 aliphatic rings. The highest BCUT2D eigenvalue weighted by Crippen LogP contribution is 2.47. The van der Waals surface area contributed by atoms with Crippen molar-refractivity contribution in [2.24, 2.45) is 11.3 Å². The van der Waals surface area contributed by atoms with Crippen LogP contribution in [0.4, 0.5) is 9.18 Å². The molecule has 1 amide bonds. The maximum Gasteiger partial charge on any atom is 0.410 e. The van der Waals surface area contributed by atoms with Crippen molar-refractivity contribution in [2.45, 2.75) is 82.7 Å². The summed E-state index contributed by atoms with van der Waals surface area (Å²) in [6.45, 7) is 8.38. The number of halogens is 1. The standard InChI is InChI=1S/C28H43FN4O3/c1-27(2)20-36-26(34)32(27)19-28(22-6-4-3-5-7-22)13-16-31(17-14-28)33(35)25-18-30-15-12-24(25)21-8-10-23(29)11-9-21/h8-11,22,24-25,30,33H,3-7,12-20H2,1-2H3/t24-,25+/m0/s1. The molecule has 1 unspecified atom stereocenters. The summed E-state index contributed by atoms with van der Waals surface area (Å²) in [6, 6.07) is 6.56. The monoisotopic (exact) mass is 502 g/mol. The number of rotatable bonds is 6. The van der Waals surface area contributed by atoms with E-state index >= 15 is 0 Å². The van der Waals surface area contributed by atoms with Gasteiger partial charge in [0.2, 0.25) is 0 Å². The minimum absolute atomic E-state index is 0.0407. The summed E-state index contributed by atoms with van der Waals surface area (Å²) in [5, 5.41) is 19.5. The zero-order chi connectivity index (χ0) is 25.3. The van der Waals surface area contributed by atoms with E-state index in [-0.39, 0.29) is 40.0 Å². The molecule has 3 atom stereocenters. The highest BCUT2D eigenvalue weighted by molar-refractivity contribution is 5.71. The van der Waals surface area contributed by atoms with Crippen molar-refractivity contribution in [1.29, 1.82) is 0 Å². The number of hydrogen-bond donors (Lipinski definition) is 2. The maximum atomic E-state index is 13.8. The van der Waals surface area contributed by atoms with Crippen molar-refractivity contribution >= 4 is 6.09 Å². The fourth-order valence-corrected chi connectivity index (χ4v) is 7.28. The fourth-order valence-electron chi connectivity index (χ4n) is 7.28. The SMILES string of the molecule is CC1(C)COC(=O)N1CC1(C2CCCCC2)CCN([NH+]([O-])[C@@H]2CNCC[C@H]2c2ccc(F)cc2)CC1. The first kappa shape index (κ1) is 25.9. The summed E-state index contributed by atoms with van der Waals surface area (Å²) >= 11 is 0. The zero-order valence-corrected chi connectivity index (χ0v) is 21.9. The molecule has 0 radical (unpaired) electrons. The number of carbonyl (C=O) groups is 1. The molecule has 3 aliphatic heterocycles. The topological polar surface area (TPSA) is 72.3 Å².